The van der Waals surface area contributed by atoms with Crippen LogP contribution in [0.5, 0.6) is 0 Å². The Kier molecular flexibility index (Phi) is 3.24. The maximum absolute atomic E-state index is 13.2. The van der Waals surface area contributed by atoms with Crippen molar-refractivity contribution in [1.29, 1.82) is 0 Å². The number of aromatic nitrogens is 1. The summed E-state index contributed by atoms with van der Waals surface area (Å²) in [4.78, 5) is 0. The van der Waals surface area contributed by atoms with Crippen LogP contribution in [0.2, 0.25) is 0 Å². The van der Waals surface area contributed by atoms with Gasteiger partial charge in [-0.25, -0.2) is 4.39 Å². The average molecular weight is 234 g/mol. The van der Waals surface area contributed by atoms with Crippen molar-refractivity contribution >= 4 is 0 Å². The Morgan fingerprint density at radius 1 is 1.35 bits per heavy atom. The summed E-state index contributed by atoms with van der Waals surface area (Å²) in [6.07, 6.45) is 0.709. The molecular weight excluding hydrogens is 219 g/mol. The van der Waals surface area contributed by atoms with Crippen LogP contribution in [0.4, 0.5) is 4.39 Å². The lowest BCUT2D eigenvalue weighted by Crippen LogP contribution is -2.04. The lowest BCUT2D eigenvalue weighted by molar-refractivity contribution is 0.426. The fourth-order valence-corrected chi connectivity index (χ4v) is 1.84. The molecule has 0 spiro atoms. The molecule has 0 fully saturated rings. The molecule has 0 radical (unpaired) electrons. The van der Waals surface area contributed by atoms with Gasteiger partial charge in [-0.05, 0) is 50.6 Å². The fourth-order valence-electron chi connectivity index (χ4n) is 1.84. The van der Waals surface area contributed by atoms with Crippen LogP contribution in [0.3, 0.4) is 0 Å². The molecule has 4 heteroatoms. The van der Waals surface area contributed by atoms with Crippen LogP contribution >= 0.6 is 0 Å². The van der Waals surface area contributed by atoms with Crippen molar-refractivity contribution in [2.75, 3.05) is 6.54 Å². The zero-order chi connectivity index (χ0) is 12.4. The highest BCUT2D eigenvalue weighted by molar-refractivity contribution is 5.63. The molecule has 90 valence electrons. The number of nitrogens with zero attached hydrogens (tertiary/aromatic N) is 1. The van der Waals surface area contributed by atoms with Gasteiger partial charge in [-0.2, -0.15) is 0 Å². The van der Waals surface area contributed by atoms with Crippen molar-refractivity contribution in [1.82, 2.24) is 5.16 Å². The van der Waals surface area contributed by atoms with Crippen molar-refractivity contribution < 1.29 is 8.91 Å². The molecule has 0 aliphatic heterocycles. The van der Waals surface area contributed by atoms with Crippen LogP contribution in [0, 0.1) is 19.7 Å². The zero-order valence-corrected chi connectivity index (χ0v) is 9.96. The van der Waals surface area contributed by atoms with Crippen molar-refractivity contribution in [2.24, 2.45) is 5.73 Å². The highest BCUT2D eigenvalue weighted by Gasteiger charge is 2.14. The van der Waals surface area contributed by atoms with E-state index in [4.69, 9.17) is 10.3 Å². The topological polar surface area (TPSA) is 52.0 Å². The molecule has 0 bridgehead atoms. The van der Waals surface area contributed by atoms with E-state index in [1.54, 1.807) is 19.1 Å². The average Bonchev–Trinajstić information content (AvgIpc) is 2.66. The lowest BCUT2D eigenvalue weighted by Gasteiger charge is -2.03. The van der Waals surface area contributed by atoms with Crippen molar-refractivity contribution in [3.05, 3.63) is 40.8 Å². The van der Waals surface area contributed by atoms with Gasteiger partial charge in [0.1, 0.15) is 5.82 Å². The summed E-state index contributed by atoms with van der Waals surface area (Å²) in [6, 6.07) is 4.90. The minimum Gasteiger partial charge on any atom is -0.356 e. The second-order valence-electron chi connectivity index (χ2n) is 4.08. The first-order chi connectivity index (χ1) is 8.13. The molecule has 3 nitrogen and oxygen atoms in total. The summed E-state index contributed by atoms with van der Waals surface area (Å²) in [7, 11) is 0. The number of halogens is 1. The Hall–Kier alpha value is -1.68. The Morgan fingerprint density at radius 3 is 2.76 bits per heavy atom. The van der Waals surface area contributed by atoms with Crippen LogP contribution in [0.15, 0.2) is 22.7 Å². The maximum atomic E-state index is 13.2. The molecule has 1 aromatic heterocycles. The molecule has 2 N–H and O–H groups in total. The van der Waals surface area contributed by atoms with Crippen LogP contribution in [-0.2, 0) is 6.42 Å². The largest absolute Gasteiger partial charge is 0.356 e. The Bertz CT molecular complexity index is 534. The Labute approximate surface area is 99.4 Å². The number of rotatable bonds is 3. The summed E-state index contributed by atoms with van der Waals surface area (Å²) >= 11 is 0. The first-order valence-electron chi connectivity index (χ1n) is 5.55. The number of benzene rings is 1. The lowest BCUT2D eigenvalue weighted by atomic mass is 10.0. The van der Waals surface area contributed by atoms with Gasteiger partial charge in [0, 0.05) is 11.1 Å². The molecule has 1 heterocycles. The van der Waals surface area contributed by atoms with E-state index in [1.165, 1.54) is 6.07 Å². The molecule has 1 aromatic carbocycles. The summed E-state index contributed by atoms with van der Waals surface area (Å²) < 4.78 is 18.5. The van der Waals surface area contributed by atoms with Gasteiger partial charge in [0.2, 0.25) is 0 Å². The molecule has 0 atom stereocenters. The van der Waals surface area contributed by atoms with Gasteiger partial charge in [-0.3, -0.25) is 0 Å². The van der Waals surface area contributed by atoms with E-state index in [1.807, 2.05) is 6.92 Å². The minimum absolute atomic E-state index is 0.217. The zero-order valence-electron chi connectivity index (χ0n) is 9.96. The van der Waals surface area contributed by atoms with Crippen LogP contribution in [-0.4, -0.2) is 11.7 Å². The second-order valence-corrected chi connectivity index (χ2v) is 4.08. The van der Waals surface area contributed by atoms with E-state index in [9.17, 15) is 4.39 Å². The number of aryl methyl sites for hydroxylation is 2. The van der Waals surface area contributed by atoms with Crippen LogP contribution in [0.1, 0.15) is 16.8 Å². The van der Waals surface area contributed by atoms with Gasteiger partial charge in [0.25, 0.3) is 0 Å². The highest BCUT2D eigenvalue weighted by atomic mass is 19.1. The highest BCUT2D eigenvalue weighted by Crippen LogP contribution is 2.27. The van der Waals surface area contributed by atoms with Crippen molar-refractivity contribution in [3.63, 3.8) is 0 Å². The third-order valence-corrected chi connectivity index (χ3v) is 2.80. The predicted molar refractivity (Wildman–Crippen MR) is 64.1 cm³/mol. The Morgan fingerprint density at radius 2 is 2.12 bits per heavy atom. The molecule has 0 unspecified atom stereocenters. The van der Waals surface area contributed by atoms with Gasteiger partial charge >= 0.3 is 0 Å². The molecular formula is C13H15FN2O. The first kappa shape index (κ1) is 11.8. The molecule has 0 saturated heterocycles. The van der Waals surface area contributed by atoms with Gasteiger partial charge in [-0.1, -0.05) is 5.16 Å². The number of nitrogens with two attached hydrogens (primary N) is 1. The quantitative estimate of drug-likeness (QED) is 0.888. The van der Waals surface area contributed by atoms with E-state index in [2.05, 4.69) is 5.16 Å². The monoisotopic (exact) mass is 234 g/mol. The standard InChI is InChI=1S/C13H15FN2O/c1-8-7-10(3-4-12(8)14)13-11(5-6-15)9(2)16-17-13/h3-4,7H,5-6,15H2,1-2H3. The number of hydrogen-bond acceptors (Lipinski definition) is 3. The molecule has 2 aromatic rings. The van der Waals surface area contributed by atoms with E-state index in [0.29, 0.717) is 24.3 Å². The molecule has 2 rings (SSSR count). The van der Waals surface area contributed by atoms with Gasteiger partial charge in [0.15, 0.2) is 5.76 Å². The SMILES string of the molecule is Cc1cc(-c2onc(C)c2CCN)ccc1F. The summed E-state index contributed by atoms with van der Waals surface area (Å²) in [5.74, 6) is 0.474. The first-order valence-corrected chi connectivity index (χ1v) is 5.55. The summed E-state index contributed by atoms with van der Waals surface area (Å²) in [6.45, 7) is 4.15. The van der Waals surface area contributed by atoms with E-state index in [0.717, 1.165) is 16.8 Å². The van der Waals surface area contributed by atoms with Gasteiger partial charge in [0.05, 0.1) is 5.69 Å². The van der Waals surface area contributed by atoms with Crippen molar-refractivity contribution in [3.8, 4) is 11.3 Å². The summed E-state index contributed by atoms with van der Waals surface area (Å²) in [5.41, 5.74) is 8.83. The smallest absolute Gasteiger partial charge is 0.170 e. The molecule has 0 amide bonds. The third-order valence-electron chi connectivity index (χ3n) is 2.80. The molecule has 0 aliphatic rings. The normalized spacial score (nSPS) is 10.8. The minimum atomic E-state index is -0.217. The van der Waals surface area contributed by atoms with E-state index in [-0.39, 0.29) is 5.82 Å². The number of hydrogen-bond donors (Lipinski definition) is 1. The maximum Gasteiger partial charge on any atom is 0.170 e. The predicted octanol–water partition coefficient (Wildman–Crippen LogP) is 2.60. The molecule has 17 heavy (non-hydrogen) atoms. The fraction of sp³-hybridized carbons (Fsp3) is 0.308. The van der Waals surface area contributed by atoms with Crippen molar-refractivity contribution in [2.45, 2.75) is 20.3 Å². The van der Waals surface area contributed by atoms with Crippen LogP contribution < -0.4 is 5.73 Å². The Balaban J connectivity index is 2.48. The van der Waals surface area contributed by atoms with Gasteiger partial charge < -0.3 is 10.3 Å². The second kappa shape index (κ2) is 4.67. The third kappa shape index (κ3) is 2.22. The van der Waals surface area contributed by atoms with Gasteiger partial charge in [-0.15, -0.1) is 0 Å². The van der Waals surface area contributed by atoms with Crippen LogP contribution in [0.25, 0.3) is 11.3 Å². The molecule has 0 aliphatic carbocycles. The molecule has 0 saturated carbocycles. The van der Waals surface area contributed by atoms with E-state index >= 15 is 0 Å². The van der Waals surface area contributed by atoms with E-state index < -0.39 is 0 Å². The summed E-state index contributed by atoms with van der Waals surface area (Å²) in [5, 5.41) is 3.94.